The normalized spacial score (nSPS) is 35.1. The van der Waals surface area contributed by atoms with Gasteiger partial charge in [-0.05, 0) is 166 Å². The topological polar surface area (TPSA) is 136 Å². The highest BCUT2D eigenvalue weighted by atomic mass is 28.4. The van der Waals surface area contributed by atoms with Crippen LogP contribution in [0.25, 0.3) is 0 Å². The first-order valence-electron chi connectivity index (χ1n) is 34.6. The Morgan fingerprint density at radius 1 is 0.607 bits per heavy atom. The number of rotatable bonds is 14. The van der Waals surface area contributed by atoms with Crippen LogP contribution in [0.5, 0.6) is 0 Å². The highest BCUT2D eigenvalue weighted by molar-refractivity contribution is 6.76. The van der Waals surface area contributed by atoms with Gasteiger partial charge in [0.15, 0.2) is 47.4 Å². The molecule has 514 valence electrons. The predicted molar refractivity (Wildman–Crippen MR) is 376 cm³/mol. The number of Topliss-reactive ketones (excluding diaryl/α,β-unsaturated/α-hetero) is 1. The molecule has 0 aromatic carbocycles. The maximum Gasteiger partial charge on any atom is 0.193 e. The first-order chi connectivity index (χ1) is 40.3. The molecule has 89 heavy (non-hydrogen) atoms. The van der Waals surface area contributed by atoms with Crippen LogP contribution < -0.4 is 0 Å². The van der Waals surface area contributed by atoms with Crippen molar-refractivity contribution < 1.29 is 60.1 Å². The van der Waals surface area contributed by atoms with Crippen molar-refractivity contribution in [2.45, 2.75) is 376 Å². The lowest BCUT2D eigenvalue weighted by Gasteiger charge is -2.61. The lowest BCUT2D eigenvalue weighted by atomic mass is 9.78. The highest BCUT2D eigenvalue weighted by Crippen LogP contribution is 2.52. The molecule has 0 radical (unpaired) electrons. The molecule has 0 amide bonds. The Morgan fingerprint density at radius 2 is 1.16 bits per heavy atom. The molecule has 17 atom stereocenters. The van der Waals surface area contributed by atoms with Crippen LogP contribution in [0.4, 0.5) is 0 Å². The summed E-state index contributed by atoms with van der Waals surface area (Å²) in [6.45, 7) is 71.1. The molecular weight excluding hydrogens is 1200 g/mol. The Hall–Kier alpha value is -0.796. The molecule has 18 heteroatoms. The van der Waals surface area contributed by atoms with E-state index in [1.807, 2.05) is 6.08 Å². The number of carbonyl (C=O) groups is 2. The van der Waals surface area contributed by atoms with Gasteiger partial charge in [0.05, 0.1) is 73.8 Å². The van der Waals surface area contributed by atoms with E-state index in [4.69, 9.17) is 50.6 Å². The van der Waals surface area contributed by atoms with Crippen molar-refractivity contribution in [2.75, 3.05) is 13.7 Å². The van der Waals surface area contributed by atoms with E-state index in [9.17, 15) is 4.79 Å². The molecule has 0 spiro atoms. The smallest absolute Gasteiger partial charge is 0.193 e. The van der Waals surface area contributed by atoms with Gasteiger partial charge in [-0.25, -0.2) is 0 Å². The Labute approximate surface area is 548 Å². The molecule has 8 rings (SSSR count). The summed E-state index contributed by atoms with van der Waals surface area (Å²) in [4.78, 5) is 29.8. The average Bonchev–Trinajstić information content (AvgIpc) is 1.44. The Kier molecular flexibility index (Phi) is 24.6. The van der Waals surface area contributed by atoms with Crippen molar-refractivity contribution in [3.05, 3.63) is 36.5 Å². The lowest BCUT2D eigenvalue weighted by Crippen LogP contribution is -2.74. The van der Waals surface area contributed by atoms with Gasteiger partial charge in [-0.3, -0.25) is 9.59 Å². The van der Waals surface area contributed by atoms with E-state index in [1.54, 1.807) is 13.2 Å². The van der Waals surface area contributed by atoms with Gasteiger partial charge in [0.2, 0.25) is 0 Å². The summed E-state index contributed by atoms with van der Waals surface area (Å²) in [5, 5.41) is -0.542. The number of allylic oxidation sites excluding steroid dienone is 1. The number of carbonyl (C=O) groups excluding carboxylic acids is 2. The minimum atomic E-state index is -2.67. The third-order valence-electron chi connectivity index (χ3n) is 24.0. The Bertz CT molecular complexity index is 2460. The van der Waals surface area contributed by atoms with Crippen LogP contribution in [0.3, 0.4) is 0 Å². The Morgan fingerprint density at radius 3 is 1.73 bits per heavy atom. The summed E-state index contributed by atoms with van der Waals surface area (Å²) in [5.41, 5.74) is 0.989. The molecule has 0 aromatic rings. The zero-order valence-corrected chi connectivity index (χ0v) is 66.8. The molecule has 5 saturated heterocycles. The van der Waals surface area contributed by atoms with E-state index in [1.165, 1.54) is 0 Å². The quantitative estimate of drug-likeness (QED) is 0.121. The summed E-state index contributed by atoms with van der Waals surface area (Å²) in [6, 6.07) is 0. The van der Waals surface area contributed by atoms with Gasteiger partial charge in [-0.15, -0.1) is 0 Å². The van der Waals surface area contributed by atoms with Crippen molar-refractivity contribution in [2.24, 2.45) is 11.8 Å². The van der Waals surface area contributed by atoms with Crippen molar-refractivity contribution in [1.29, 1.82) is 0 Å². The SMILES string of the molecule is C=C1CC2CCC(=O)/C=C/C(O[Si](C)(C)C(C)(C)C)[C@@H]3O[C@H]4CC[C@H](CC(=O)C[C@@H]5[C@@H](OC)[C@@H](CC(CO[Si](C)(C)C(C)(C)C)O[Si](C)(C)C(C)(C)C)O[C@H]5C[C@H]5O[C@@H](CC[C@@H]1O2)C[C@@H](C)C5=C)O[C@@H]4C(O[Si](C)(C)C(C)(C)C)C3(C)O[Si](C)(C)C(C)(C)C. The number of fused-ring (bicyclic) bond motifs is 2. The van der Waals surface area contributed by atoms with E-state index < -0.39 is 89.9 Å². The van der Waals surface area contributed by atoms with Crippen LogP contribution in [-0.2, 0) is 60.1 Å². The maximum atomic E-state index is 15.4. The van der Waals surface area contributed by atoms with Crippen LogP contribution in [0.1, 0.15) is 195 Å². The summed E-state index contributed by atoms with van der Waals surface area (Å²) in [6.07, 6.45) is 5.27. The van der Waals surface area contributed by atoms with Crippen LogP contribution in [0.2, 0.25) is 90.7 Å². The molecule has 8 heterocycles. The lowest BCUT2D eigenvalue weighted by molar-refractivity contribution is -0.296. The highest BCUT2D eigenvalue weighted by Gasteiger charge is 2.64. The first-order valence-corrected chi connectivity index (χ1v) is 49.1. The van der Waals surface area contributed by atoms with Crippen LogP contribution in [0, 0.1) is 11.8 Å². The summed E-state index contributed by atoms with van der Waals surface area (Å²) >= 11 is 0. The Balaban J connectivity index is 1.47. The molecule has 0 N–H and O–H groups in total. The van der Waals surface area contributed by atoms with E-state index in [0.717, 1.165) is 30.4 Å². The van der Waals surface area contributed by atoms with Crippen molar-refractivity contribution in [3.8, 4) is 0 Å². The van der Waals surface area contributed by atoms with E-state index in [-0.39, 0.29) is 104 Å². The third-order valence-corrected chi connectivity index (χ3v) is 46.5. The fraction of sp³-hybridized carbons (Fsp3) is 0.887. The number of hydrogen-bond donors (Lipinski definition) is 0. The van der Waals surface area contributed by atoms with E-state index in [0.29, 0.717) is 51.6 Å². The molecular formula is C71H132O13Si5. The summed E-state index contributed by atoms with van der Waals surface area (Å²) in [7, 11) is -10.6. The molecule has 0 saturated carbocycles. The molecule has 8 bridgehead atoms. The fourth-order valence-electron chi connectivity index (χ4n) is 12.9. The third kappa shape index (κ3) is 18.5. The van der Waals surface area contributed by atoms with E-state index >= 15 is 4.79 Å². The largest absolute Gasteiger partial charge is 0.414 e. The fourth-order valence-corrected chi connectivity index (χ4v) is 19.5. The molecule has 8 aliphatic rings. The molecule has 5 fully saturated rings. The summed E-state index contributed by atoms with van der Waals surface area (Å²) < 4.78 is 80.8. The van der Waals surface area contributed by atoms with Gasteiger partial charge in [0.1, 0.15) is 29.7 Å². The molecule has 0 aliphatic carbocycles. The van der Waals surface area contributed by atoms with Crippen molar-refractivity contribution in [1.82, 2.24) is 0 Å². The zero-order chi connectivity index (χ0) is 67.4. The standard InChI is InChI=1S/C71H132O13Si5/c1-46-39-52-34-37-56-47(2)40-51(76-56)33-31-49(72)32-36-58(82-87(25,26)68(10,11)12)64-71(19,84-89(29,30)70(16,17)18)65(83-88(27,28)69(13,14)15)63-57(80-64)38-35-53(78-63)41-50(73)42-55-60(44-59(77-52)48(46)3)79-61(62(55)74-20)43-54(81-86(23,24)67(7,8)9)45-75-85(21,22)66(4,5)6/h32,36,46,51-65H,2-3,31,33-35,37-45H2,1,4-30H3/b36-32+/t46-,51?,52+,53-,54?,55+,56+,57+,58?,59-,60+,61-,62-,63+,64+,65?,71?/m1/s1. The van der Waals surface area contributed by atoms with Crippen molar-refractivity contribution in [3.63, 3.8) is 0 Å². The number of hydrogen-bond acceptors (Lipinski definition) is 13. The second-order valence-corrected chi connectivity index (χ2v) is 60.0. The molecule has 13 nitrogen and oxygen atoms in total. The second kappa shape index (κ2) is 28.3. The average molecular weight is 1330 g/mol. The number of ketones is 2. The molecule has 8 aliphatic heterocycles. The van der Waals surface area contributed by atoms with Gasteiger partial charge < -0.3 is 50.6 Å². The maximum absolute atomic E-state index is 15.4. The van der Waals surface area contributed by atoms with Crippen LogP contribution in [0.15, 0.2) is 36.5 Å². The molecule has 0 aromatic heterocycles. The predicted octanol–water partition coefficient (Wildman–Crippen LogP) is 17.6. The van der Waals surface area contributed by atoms with Gasteiger partial charge >= 0.3 is 0 Å². The van der Waals surface area contributed by atoms with Crippen LogP contribution in [-0.4, -0.2) is 158 Å². The number of ether oxygens (including phenoxy) is 6. The number of methoxy groups -OCH3 is 1. The minimum absolute atomic E-state index is 0.0126. The zero-order valence-electron chi connectivity index (χ0n) is 61.8. The summed E-state index contributed by atoms with van der Waals surface area (Å²) in [5.74, 6) is 0.0468. The van der Waals surface area contributed by atoms with Gasteiger partial charge in [-0.1, -0.05) is 130 Å². The van der Waals surface area contributed by atoms with Crippen LogP contribution >= 0.6 is 0 Å². The monoisotopic (exact) mass is 1330 g/mol. The van der Waals surface area contributed by atoms with Crippen molar-refractivity contribution >= 4 is 53.2 Å². The van der Waals surface area contributed by atoms with Gasteiger partial charge in [-0.2, -0.15) is 0 Å². The van der Waals surface area contributed by atoms with Gasteiger partial charge in [0.25, 0.3) is 0 Å². The first kappa shape index (κ1) is 77.2. The second-order valence-electron chi connectivity index (χ2n) is 36.2. The molecule has 5 unspecified atom stereocenters. The van der Waals surface area contributed by atoms with Gasteiger partial charge in [0, 0.05) is 45.1 Å². The minimum Gasteiger partial charge on any atom is -0.414 e. The van der Waals surface area contributed by atoms with E-state index in [2.05, 4.69) is 196 Å².